The van der Waals surface area contributed by atoms with Crippen LogP contribution >= 0.6 is 0 Å². The summed E-state index contributed by atoms with van der Waals surface area (Å²) in [5.41, 5.74) is 1.37. The number of phenols is 1. The standard InChI is InChI=1S/C17H27NO.C4H9NO/c1-2-3-7-13-18-17(11-5-4-6-12-17)15-9-8-10-16(19)14-15;1-3-6-4-2-5-1/h8-10,14,18-19H,2-7,11-13H2,1H3;5H,1-4H2. The molecule has 1 saturated carbocycles. The van der Waals surface area contributed by atoms with Gasteiger partial charge in [-0.1, -0.05) is 51.2 Å². The van der Waals surface area contributed by atoms with Crippen molar-refractivity contribution in [2.45, 2.75) is 63.8 Å². The molecule has 1 aromatic rings. The molecule has 0 unspecified atom stereocenters. The number of hydrogen-bond acceptors (Lipinski definition) is 4. The third-order valence-electron chi connectivity index (χ3n) is 5.20. The monoisotopic (exact) mass is 348 g/mol. The molecular formula is C21H36N2O2. The lowest BCUT2D eigenvalue weighted by molar-refractivity contribution is 0.109. The fourth-order valence-corrected chi connectivity index (χ4v) is 3.74. The van der Waals surface area contributed by atoms with Gasteiger partial charge >= 0.3 is 0 Å². The predicted molar refractivity (Wildman–Crippen MR) is 104 cm³/mol. The number of unbranched alkanes of at least 4 members (excludes halogenated alkanes) is 2. The highest BCUT2D eigenvalue weighted by Gasteiger charge is 2.33. The summed E-state index contributed by atoms with van der Waals surface area (Å²) in [6.07, 6.45) is 10.1. The van der Waals surface area contributed by atoms with Gasteiger partial charge in [-0.05, 0) is 43.5 Å². The Labute approximate surface area is 153 Å². The van der Waals surface area contributed by atoms with Crippen LogP contribution in [0.2, 0.25) is 0 Å². The topological polar surface area (TPSA) is 53.5 Å². The highest BCUT2D eigenvalue weighted by molar-refractivity contribution is 5.33. The molecule has 4 heteroatoms. The number of aromatic hydroxyl groups is 1. The molecule has 1 aliphatic heterocycles. The predicted octanol–water partition coefficient (Wildman–Crippen LogP) is 3.94. The number of rotatable bonds is 6. The molecule has 1 saturated heterocycles. The summed E-state index contributed by atoms with van der Waals surface area (Å²) < 4.78 is 5.01. The van der Waals surface area contributed by atoms with Crippen LogP contribution in [0.15, 0.2) is 24.3 Å². The van der Waals surface area contributed by atoms with E-state index in [1.54, 1.807) is 6.07 Å². The van der Waals surface area contributed by atoms with E-state index in [-0.39, 0.29) is 5.54 Å². The Hall–Kier alpha value is -1.10. The molecule has 0 amide bonds. The second kappa shape index (κ2) is 11.5. The van der Waals surface area contributed by atoms with Crippen LogP contribution in [0.4, 0.5) is 0 Å². The average molecular weight is 349 g/mol. The molecule has 2 fully saturated rings. The van der Waals surface area contributed by atoms with Gasteiger partial charge in [-0.15, -0.1) is 0 Å². The summed E-state index contributed by atoms with van der Waals surface area (Å²) in [6.45, 7) is 7.16. The Bertz CT molecular complexity index is 457. The quantitative estimate of drug-likeness (QED) is 0.682. The molecule has 3 rings (SSSR count). The van der Waals surface area contributed by atoms with Crippen molar-refractivity contribution in [3.63, 3.8) is 0 Å². The number of benzene rings is 1. The van der Waals surface area contributed by atoms with Crippen LogP contribution in [-0.4, -0.2) is 38.0 Å². The van der Waals surface area contributed by atoms with Gasteiger partial charge in [0.05, 0.1) is 13.2 Å². The second-order valence-electron chi connectivity index (χ2n) is 7.19. The number of hydrogen-bond donors (Lipinski definition) is 3. The van der Waals surface area contributed by atoms with E-state index in [1.807, 2.05) is 12.1 Å². The minimum absolute atomic E-state index is 0.102. The third kappa shape index (κ3) is 6.96. The van der Waals surface area contributed by atoms with Crippen LogP contribution in [0.3, 0.4) is 0 Å². The van der Waals surface area contributed by atoms with Gasteiger partial charge in [0.25, 0.3) is 0 Å². The zero-order valence-electron chi connectivity index (χ0n) is 15.9. The van der Waals surface area contributed by atoms with Crippen molar-refractivity contribution in [2.75, 3.05) is 32.8 Å². The maximum Gasteiger partial charge on any atom is 0.115 e. The van der Waals surface area contributed by atoms with Gasteiger partial charge in [-0.3, -0.25) is 0 Å². The minimum Gasteiger partial charge on any atom is -0.508 e. The minimum atomic E-state index is 0.102. The highest BCUT2D eigenvalue weighted by Crippen LogP contribution is 2.38. The molecule has 25 heavy (non-hydrogen) atoms. The lowest BCUT2D eigenvalue weighted by atomic mass is 9.76. The molecule has 4 nitrogen and oxygen atoms in total. The molecule has 0 radical (unpaired) electrons. The van der Waals surface area contributed by atoms with Crippen LogP contribution in [0.1, 0.15) is 63.9 Å². The van der Waals surface area contributed by atoms with Crippen molar-refractivity contribution >= 4 is 0 Å². The molecule has 1 heterocycles. The van der Waals surface area contributed by atoms with Crippen molar-refractivity contribution in [1.29, 1.82) is 0 Å². The Morgan fingerprint density at radius 2 is 1.88 bits per heavy atom. The lowest BCUT2D eigenvalue weighted by Crippen LogP contribution is -2.44. The first-order chi connectivity index (χ1) is 12.3. The Kier molecular flexibility index (Phi) is 9.30. The van der Waals surface area contributed by atoms with Gasteiger partial charge < -0.3 is 20.5 Å². The molecule has 142 valence electrons. The van der Waals surface area contributed by atoms with Gasteiger partial charge in [0, 0.05) is 18.6 Å². The Morgan fingerprint density at radius 3 is 2.44 bits per heavy atom. The van der Waals surface area contributed by atoms with E-state index < -0.39 is 0 Å². The van der Waals surface area contributed by atoms with Gasteiger partial charge in [0.2, 0.25) is 0 Å². The highest BCUT2D eigenvalue weighted by atomic mass is 16.5. The maximum absolute atomic E-state index is 9.74. The van der Waals surface area contributed by atoms with Crippen LogP contribution in [0, 0.1) is 0 Å². The summed E-state index contributed by atoms with van der Waals surface area (Å²) in [6, 6.07) is 7.84. The second-order valence-corrected chi connectivity index (χ2v) is 7.19. The largest absolute Gasteiger partial charge is 0.508 e. The van der Waals surface area contributed by atoms with Crippen molar-refractivity contribution in [3.8, 4) is 5.75 Å². The molecule has 0 atom stereocenters. The van der Waals surface area contributed by atoms with E-state index in [0.29, 0.717) is 5.75 Å². The molecule has 0 spiro atoms. The summed E-state index contributed by atoms with van der Waals surface area (Å²) in [4.78, 5) is 0. The summed E-state index contributed by atoms with van der Waals surface area (Å²) in [5, 5.41) is 16.7. The summed E-state index contributed by atoms with van der Waals surface area (Å²) in [5.74, 6) is 0.387. The zero-order valence-corrected chi connectivity index (χ0v) is 15.9. The van der Waals surface area contributed by atoms with Gasteiger partial charge in [-0.2, -0.15) is 0 Å². The Morgan fingerprint density at radius 1 is 1.12 bits per heavy atom. The van der Waals surface area contributed by atoms with E-state index >= 15 is 0 Å². The van der Waals surface area contributed by atoms with E-state index in [9.17, 15) is 5.11 Å². The first kappa shape index (κ1) is 20.2. The van der Waals surface area contributed by atoms with Crippen molar-refractivity contribution in [2.24, 2.45) is 0 Å². The smallest absolute Gasteiger partial charge is 0.115 e. The van der Waals surface area contributed by atoms with Crippen molar-refractivity contribution in [3.05, 3.63) is 29.8 Å². The third-order valence-corrected chi connectivity index (χ3v) is 5.20. The molecule has 0 bridgehead atoms. The first-order valence-electron chi connectivity index (χ1n) is 10.1. The number of phenolic OH excluding ortho intramolecular Hbond substituents is 1. The fourth-order valence-electron chi connectivity index (χ4n) is 3.74. The van der Waals surface area contributed by atoms with Crippen LogP contribution in [0.5, 0.6) is 5.75 Å². The van der Waals surface area contributed by atoms with E-state index in [2.05, 4.69) is 23.6 Å². The normalized spacial score (nSPS) is 19.7. The van der Waals surface area contributed by atoms with E-state index in [1.165, 1.54) is 56.9 Å². The van der Waals surface area contributed by atoms with Gasteiger partial charge in [-0.25, -0.2) is 0 Å². The molecule has 0 aromatic heterocycles. The van der Waals surface area contributed by atoms with Crippen molar-refractivity contribution in [1.82, 2.24) is 10.6 Å². The molecule has 1 aromatic carbocycles. The average Bonchev–Trinajstić information content (AvgIpc) is 2.68. The van der Waals surface area contributed by atoms with E-state index in [0.717, 1.165) is 32.8 Å². The SMILES string of the molecule is C1COCCN1.CCCCCNC1(c2cccc(O)c2)CCCCC1. The first-order valence-corrected chi connectivity index (χ1v) is 10.1. The summed E-state index contributed by atoms with van der Waals surface area (Å²) in [7, 11) is 0. The van der Waals surface area contributed by atoms with Crippen LogP contribution in [-0.2, 0) is 10.3 Å². The number of morpholine rings is 1. The molecule has 1 aliphatic carbocycles. The van der Waals surface area contributed by atoms with Crippen LogP contribution in [0.25, 0.3) is 0 Å². The summed E-state index contributed by atoms with van der Waals surface area (Å²) >= 11 is 0. The van der Waals surface area contributed by atoms with E-state index in [4.69, 9.17) is 4.74 Å². The Balaban J connectivity index is 0.000000316. The molecule has 3 N–H and O–H groups in total. The lowest BCUT2D eigenvalue weighted by Gasteiger charge is -2.39. The number of nitrogens with one attached hydrogen (secondary N) is 2. The molecule has 2 aliphatic rings. The van der Waals surface area contributed by atoms with Gasteiger partial charge in [0.1, 0.15) is 5.75 Å². The zero-order chi connectivity index (χ0) is 17.8. The van der Waals surface area contributed by atoms with Gasteiger partial charge in [0.15, 0.2) is 0 Å². The maximum atomic E-state index is 9.74. The molecular weight excluding hydrogens is 312 g/mol. The van der Waals surface area contributed by atoms with Crippen LogP contribution < -0.4 is 10.6 Å². The number of ether oxygens (including phenoxy) is 1. The van der Waals surface area contributed by atoms with Crippen molar-refractivity contribution < 1.29 is 9.84 Å². The fraction of sp³-hybridized carbons (Fsp3) is 0.714.